The van der Waals surface area contributed by atoms with Crippen LogP contribution in [0.1, 0.15) is 36.6 Å². The molecule has 0 radical (unpaired) electrons. The van der Waals surface area contributed by atoms with E-state index in [1.54, 1.807) is 0 Å². The zero-order valence-corrected chi connectivity index (χ0v) is 9.83. The lowest BCUT2D eigenvalue weighted by atomic mass is 10.1. The van der Waals surface area contributed by atoms with Gasteiger partial charge in [0.25, 0.3) is 5.56 Å². The predicted octanol–water partition coefficient (Wildman–Crippen LogP) is 1.47. The Kier molecular flexibility index (Phi) is 2.26. The van der Waals surface area contributed by atoms with Gasteiger partial charge in [0.2, 0.25) is 5.88 Å². The highest BCUT2D eigenvalue weighted by Crippen LogP contribution is 2.23. The number of aryl methyl sites for hydroxylation is 2. The van der Waals surface area contributed by atoms with E-state index in [2.05, 4.69) is 10.1 Å². The van der Waals surface area contributed by atoms with Gasteiger partial charge >= 0.3 is 0 Å². The lowest BCUT2D eigenvalue weighted by Gasteiger charge is -2.07. The third kappa shape index (κ3) is 1.31. The van der Waals surface area contributed by atoms with E-state index in [0.29, 0.717) is 11.2 Å². The summed E-state index contributed by atoms with van der Waals surface area (Å²) in [6.07, 6.45) is 0. The van der Waals surface area contributed by atoms with Crippen LogP contribution < -0.4 is 5.56 Å². The summed E-state index contributed by atoms with van der Waals surface area (Å²) in [4.78, 5) is 14.6. The summed E-state index contributed by atoms with van der Waals surface area (Å²) in [7, 11) is 0. The zero-order chi connectivity index (χ0) is 12.0. The number of rotatable bonds is 1. The maximum Gasteiger partial charge on any atom is 0.258 e. The molecule has 86 valence electrons. The zero-order valence-electron chi connectivity index (χ0n) is 9.83. The molecule has 0 saturated carbocycles. The van der Waals surface area contributed by atoms with Gasteiger partial charge in [-0.05, 0) is 19.8 Å². The van der Waals surface area contributed by atoms with E-state index in [1.807, 2.05) is 27.7 Å². The van der Waals surface area contributed by atoms with Gasteiger partial charge in [-0.25, -0.2) is 0 Å². The van der Waals surface area contributed by atoms with E-state index in [-0.39, 0.29) is 17.4 Å². The first kappa shape index (κ1) is 10.7. The number of aromatic amines is 1. The van der Waals surface area contributed by atoms with Crippen LogP contribution in [0.3, 0.4) is 0 Å². The Bertz CT molecular complexity index is 608. The number of aromatic nitrogens is 3. The van der Waals surface area contributed by atoms with E-state index in [1.165, 1.54) is 4.52 Å². The number of H-pyrrole nitrogens is 1. The van der Waals surface area contributed by atoms with Crippen molar-refractivity contribution < 1.29 is 5.11 Å². The molecule has 5 heteroatoms. The molecule has 0 atom stereocenters. The van der Waals surface area contributed by atoms with Gasteiger partial charge in [-0.15, -0.1) is 0 Å². The molecule has 0 amide bonds. The number of nitrogens with one attached hydrogen (secondary N) is 1. The van der Waals surface area contributed by atoms with Gasteiger partial charge in [-0.1, -0.05) is 13.8 Å². The number of aromatic hydroxyl groups is 1. The molecule has 2 rings (SSSR count). The molecule has 2 N–H and O–H groups in total. The van der Waals surface area contributed by atoms with E-state index in [4.69, 9.17) is 0 Å². The first-order valence-electron chi connectivity index (χ1n) is 5.24. The monoisotopic (exact) mass is 221 g/mol. The summed E-state index contributed by atoms with van der Waals surface area (Å²) in [5, 5.41) is 14.2. The second kappa shape index (κ2) is 3.37. The third-order valence-electron chi connectivity index (χ3n) is 2.86. The highest BCUT2D eigenvalue weighted by atomic mass is 16.3. The van der Waals surface area contributed by atoms with Crippen molar-refractivity contribution in [2.75, 3.05) is 0 Å². The molecule has 0 aliphatic rings. The molecule has 0 aliphatic carbocycles. The van der Waals surface area contributed by atoms with Gasteiger partial charge in [0.05, 0.1) is 11.3 Å². The average Bonchev–Trinajstić information content (AvgIpc) is 2.45. The van der Waals surface area contributed by atoms with Crippen molar-refractivity contribution in [1.29, 1.82) is 0 Å². The first-order valence-corrected chi connectivity index (χ1v) is 5.24. The van der Waals surface area contributed by atoms with Crippen LogP contribution in [0.4, 0.5) is 0 Å². The van der Waals surface area contributed by atoms with Gasteiger partial charge in [-0.2, -0.15) is 9.61 Å². The molecule has 16 heavy (non-hydrogen) atoms. The second-order valence-corrected chi connectivity index (χ2v) is 4.32. The smallest absolute Gasteiger partial charge is 0.258 e. The largest absolute Gasteiger partial charge is 0.493 e. The standard InChI is InChI=1S/C11H15N3O2/c1-5(2)8-10(15)12-9-6(3)7(4)13-14(9)11(8)16/h5,16H,1-4H3,(H,12,15). The molecule has 2 aromatic heterocycles. The Morgan fingerprint density at radius 2 is 2.00 bits per heavy atom. The van der Waals surface area contributed by atoms with E-state index in [0.717, 1.165) is 11.3 Å². The Morgan fingerprint density at radius 1 is 1.38 bits per heavy atom. The highest BCUT2D eigenvalue weighted by molar-refractivity contribution is 5.52. The van der Waals surface area contributed by atoms with Crippen LogP contribution in [0.25, 0.3) is 5.65 Å². The van der Waals surface area contributed by atoms with Crippen molar-refractivity contribution in [2.45, 2.75) is 33.6 Å². The number of hydrogen-bond donors (Lipinski definition) is 2. The van der Waals surface area contributed by atoms with Gasteiger partial charge in [0, 0.05) is 5.56 Å². The molecule has 5 nitrogen and oxygen atoms in total. The molecule has 0 spiro atoms. The van der Waals surface area contributed by atoms with Gasteiger partial charge in [0.1, 0.15) is 5.65 Å². The molecule has 2 heterocycles. The molecule has 2 aromatic rings. The Morgan fingerprint density at radius 3 is 2.56 bits per heavy atom. The maximum atomic E-state index is 11.8. The Balaban J connectivity index is 2.95. The van der Waals surface area contributed by atoms with E-state index < -0.39 is 0 Å². The molecule has 0 aromatic carbocycles. The van der Waals surface area contributed by atoms with Crippen molar-refractivity contribution >= 4 is 5.65 Å². The van der Waals surface area contributed by atoms with Crippen molar-refractivity contribution in [3.8, 4) is 5.88 Å². The minimum absolute atomic E-state index is 0.0436. The average molecular weight is 221 g/mol. The SMILES string of the molecule is Cc1nn2c(O)c(C(C)C)c(=O)[nH]c2c1C. The molecule has 0 unspecified atom stereocenters. The molecule has 0 bridgehead atoms. The van der Waals surface area contributed by atoms with Crippen LogP contribution in [0, 0.1) is 13.8 Å². The Hall–Kier alpha value is -1.78. The van der Waals surface area contributed by atoms with Crippen molar-refractivity contribution in [3.63, 3.8) is 0 Å². The lowest BCUT2D eigenvalue weighted by molar-refractivity contribution is 0.422. The maximum absolute atomic E-state index is 11.8. The van der Waals surface area contributed by atoms with Crippen molar-refractivity contribution in [1.82, 2.24) is 14.6 Å². The molecule has 0 fully saturated rings. The van der Waals surface area contributed by atoms with E-state index >= 15 is 0 Å². The predicted molar refractivity (Wildman–Crippen MR) is 61.0 cm³/mol. The third-order valence-corrected chi connectivity index (χ3v) is 2.86. The first-order chi connectivity index (χ1) is 7.43. The van der Waals surface area contributed by atoms with Crippen LogP contribution in [-0.2, 0) is 0 Å². The van der Waals surface area contributed by atoms with Crippen molar-refractivity contribution in [3.05, 3.63) is 27.2 Å². The number of fused-ring (bicyclic) bond motifs is 1. The lowest BCUT2D eigenvalue weighted by Crippen LogP contribution is -2.17. The topological polar surface area (TPSA) is 70.4 Å². The van der Waals surface area contributed by atoms with Gasteiger partial charge in [0.15, 0.2) is 0 Å². The van der Waals surface area contributed by atoms with Gasteiger partial charge < -0.3 is 10.1 Å². The summed E-state index contributed by atoms with van der Waals surface area (Å²) in [6.45, 7) is 7.43. The van der Waals surface area contributed by atoms with Crippen LogP contribution in [0.5, 0.6) is 5.88 Å². The summed E-state index contributed by atoms with van der Waals surface area (Å²) in [5.74, 6) is -0.108. The second-order valence-electron chi connectivity index (χ2n) is 4.32. The minimum Gasteiger partial charge on any atom is -0.493 e. The van der Waals surface area contributed by atoms with Crippen LogP contribution in [0.2, 0.25) is 0 Å². The summed E-state index contributed by atoms with van der Waals surface area (Å²) < 4.78 is 1.39. The summed E-state index contributed by atoms with van der Waals surface area (Å²) >= 11 is 0. The number of hydrogen-bond acceptors (Lipinski definition) is 3. The fourth-order valence-corrected chi connectivity index (χ4v) is 1.82. The molecular weight excluding hydrogens is 206 g/mol. The highest BCUT2D eigenvalue weighted by Gasteiger charge is 2.17. The quantitative estimate of drug-likeness (QED) is 0.766. The van der Waals surface area contributed by atoms with Gasteiger partial charge in [-0.3, -0.25) is 4.79 Å². The van der Waals surface area contributed by atoms with Crippen molar-refractivity contribution in [2.24, 2.45) is 0 Å². The number of nitrogens with zero attached hydrogens (tertiary/aromatic N) is 2. The molecule has 0 saturated heterocycles. The van der Waals surface area contributed by atoms with Crippen LogP contribution in [-0.4, -0.2) is 19.7 Å². The summed E-state index contributed by atoms with van der Waals surface area (Å²) in [5.41, 5.74) is 2.36. The fraction of sp³-hybridized carbons (Fsp3) is 0.455. The molecular formula is C11H15N3O2. The fourth-order valence-electron chi connectivity index (χ4n) is 1.82. The van der Waals surface area contributed by atoms with Crippen LogP contribution in [0.15, 0.2) is 4.79 Å². The normalized spacial score (nSPS) is 11.6. The van der Waals surface area contributed by atoms with E-state index in [9.17, 15) is 9.90 Å². The minimum atomic E-state index is -0.247. The Labute approximate surface area is 92.7 Å². The molecule has 0 aliphatic heterocycles. The van der Waals surface area contributed by atoms with Crippen LogP contribution >= 0.6 is 0 Å². The summed E-state index contributed by atoms with van der Waals surface area (Å²) in [6, 6.07) is 0.